The fourth-order valence-electron chi connectivity index (χ4n) is 2.30. The van der Waals surface area contributed by atoms with Gasteiger partial charge in [0.1, 0.15) is 23.9 Å². The highest BCUT2D eigenvalue weighted by atomic mass is 16.5. The molecule has 4 nitrogen and oxygen atoms in total. The Morgan fingerprint density at radius 1 is 0.885 bits per heavy atom. The zero-order valence-electron chi connectivity index (χ0n) is 15.1. The van der Waals surface area contributed by atoms with Gasteiger partial charge in [-0.1, -0.05) is 32.1 Å². The van der Waals surface area contributed by atoms with Gasteiger partial charge >= 0.3 is 5.97 Å². The molecular formula is C22H24O4. The summed E-state index contributed by atoms with van der Waals surface area (Å²) in [5.74, 6) is 3.80. The van der Waals surface area contributed by atoms with E-state index in [1.165, 1.54) is 19.3 Å². The number of carbonyl (C=O) groups is 1. The van der Waals surface area contributed by atoms with Gasteiger partial charge in [-0.3, -0.25) is 0 Å². The molecule has 136 valence electrons. The van der Waals surface area contributed by atoms with Gasteiger partial charge in [0, 0.05) is 0 Å². The van der Waals surface area contributed by atoms with E-state index in [-0.39, 0.29) is 6.61 Å². The van der Waals surface area contributed by atoms with Crippen LogP contribution in [0.4, 0.5) is 0 Å². The Hall–Kier alpha value is -2.93. The van der Waals surface area contributed by atoms with Crippen LogP contribution in [0.1, 0.15) is 43.0 Å². The minimum atomic E-state index is -0.420. The predicted molar refractivity (Wildman–Crippen MR) is 102 cm³/mol. The first-order chi connectivity index (χ1) is 12.7. The van der Waals surface area contributed by atoms with E-state index < -0.39 is 5.97 Å². The van der Waals surface area contributed by atoms with Gasteiger partial charge in [-0.05, 0) is 55.0 Å². The monoisotopic (exact) mass is 352 g/mol. The minimum absolute atomic E-state index is 0.201. The van der Waals surface area contributed by atoms with Crippen LogP contribution in [0.15, 0.2) is 48.5 Å². The average Bonchev–Trinajstić information content (AvgIpc) is 2.68. The molecule has 0 unspecified atom stereocenters. The van der Waals surface area contributed by atoms with Gasteiger partial charge in [0.05, 0.1) is 12.2 Å². The maximum Gasteiger partial charge on any atom is 0.343 e. The number of carbonyl (C=O) groups excluding carboxylic acids is 1. The molecule has 0 fully saturated rings. The number of ether oxygens (including phenoxy) is 3. The highest BCUT2D eigenvalue weighted by Crippen LogP contribution is 2.19. The number of rotatable bonds is 10. The zero-order valence-corrected chi connectivity index (χ0v) is 15.1. The second-order valence-electron chi connectivity index (χ2n) is 5.79. The van der Waals surface area contributed by atoms with Gasteiger partial charge in [-0.25, -0.2) is 4.79 Å². The van der Waals surface area contributed by atoms with Gasteiger partial charge in [0.2, 0.25) is 0 Å². The topological polar surface area (TPSA) is 44.8 Å². The Bertz CT molecular complexity index is 711. The summed E-state index contributed by atoms with van der Waals surface area (Å²) in [6.45, 7) is 3.07. The van der Waals surface area contributed by atoms with Gasteiger partial charge < -0.3 is 14.2 Å². The maximum absolute atomic E-state index is 12.2. The summed E-state index contributed by atoms with van der Waals surface area (Å²) in [6, 6.07) is 13.7. The number of benzene rings is 2. The van der Waals surface area contributed by atoms with Crippen molar-refractivity contribution in [2.75, 3.05) is 13.2 Å². The number of terminal acetylenes is 1. The summed E-state index contributed by atoms with van der Waals surface area (Å²) in [5.41, 5.74) is 0.469. The molecule has 0 radical (unpaired) electrons. The first-order valence-electron chi connectivity index (χ1n) is 8.84. The van der Waals surface area contributed by atoms with Crippen LogP contribution in [-0.4, -0.2) is 19.2 Å². The molecular weight excluding hydrogens is 328 g/mol. The van der Waals surface area contributed by atoms with Crippen molar-refractivity contribution in [3.05, 3.63) is 54.1 Å². The minimum Gasteiger partial charge on any atom is -0.494 e. The van der Waals surface area contributed by atoms with Crippen molar-refractivity contribution in [1.82, 2.24) is 0 Å². The van der Waals surface area contributed by atoms with Gasteiger partial charge in [-0.15, -0.1) is 6.42 Å². The molecule has 0 N–H and O–H groups in total. The summed E-state index contributed by atoms with van der Waals surface area (Å²) in [5, 5.41) is 0. The largest absolute Gasteiger partial charge is 0.494 e. The highest BCUT2D eigenvalue weighted by molar-refractivity contribution is 5.91. The Kier molecular flexibility index (Phi) is 8.08. The molecule has 0 heterocycles. The summed E-state index contributed by atoms with van der Waals surface area (Å²) in [7, 11) is 0. The van der Waals surface area contributed by atoms with Crippen LogP contribution in [0.5, 0.6) is 17.2 Å². The average molecular weight is 352 g/mol. The van der Waals surface area contributed by atoms with E-state index in [4.69, 9.17) is 20.6 Å². The maximum atomic E-state index is 12.2. The molecule has 0 atom stereocenters. The molecule has 0 spiro atoms. The summed E-state index contributed by atoms with van der Waals surface area (Å²) < 4.78 is 16.3. The molecule has 0 aliphatic heterocycles. The molecule has 0 saturated carbocycles. The van der Waals surface area contributed by atoms with Crippen molar-refractivity contribution in [3.63, 3.8) is 0 Å². The smallest absolute Gasteiger partial charge is 0.343 e. The second-order valence-corrected chi connectivity index (χ2v) is 5.79. The Balaban J connectivity index is 1.82. The van der Waals surface area contributed by atoms with Crippen molar-refractivity contribution < 1.29 is 19.0 Å². The molecule has 26 heavy (non-hydrogen) atoms. The fourth-order valence-corrected chi connectivity index (χ4v) is 2.30. The van der Waals surface area contributed by atoms with Gasteiger partial charge in [-0.2, -0.15) is 0 Å². The standard InChI is InChI=1S/C22H24O4/c1-3-5-6-7-17-25-19-10-8-18(9-11-19)22(23)26-21-14-12-20(13-15-21)24-16-4-2/h2,8-15H,3,5-7,16-17H2,1H3. The molecule has 0 bridgehead atoms. The van der Waals surface area contributed by atoms with Crippen molar-refractivity contribution in [1.29, 1.82) is 0 Å². The molecule has 0 aromatic heterocycles. The van der Waals surface area contributed by atoms with E-state index in [0.29, 0.717) is 23.7 Å². The van der Waals surface area contributed by atoms with E-state index in [1.54, 1.807) is 48.5 Å². The van der Waals surface area contributed by atoms with Crippen LogP contribution >= 0.6 is 0 Å². The molecule has 0 aliphatic carbocycles. The van der Waals surface area contributed by atoms with E-state index in [9.17, 15) is 4.79 Å². The second kappa shape index (κ2) is 10.8. The fraction of sp³-hybridized carbons (Fsp3) is 0.318. The first-order valence-corrected chi connectivity index (χ1v) is 8.84. The Labute approximate surface area is 155 Å². The number of unbranched alkanes of at least 4 members (excludes halogenated alkanes) is 3. The summed E-state index contributed by atoms with van der Waals surface area (Å²) in [6.07, 6.45) is 9.79. The van der Waals surface area contributed by atoms with E-state index in [2.05, 4.69) is 12.8 Å². The van der Waals surface area contributed by atoms with Crippen LogP contribution in [-0.2, 0) is 0 Å². The number of hydrogen-bond donors (Lipinski definition) is 0. The Morgan fingerprint density at radius 3 is 2.15 bits per heavy atom. The third-order valence-corrected chi connectivity index (χ3v) is 3.71. The van der Waals surface area contributed by atoms with E-state index in [1.807, 2.05) is 0 Å². The third-order valence-electron chi connectivity index (χ3n) is 3.71. The third kappa shape index (κ3) is 6.52. The molecule has 4 heteroatoms. The van der Waals surface area contributed by atoms with Crippen LogP contribution < -0.4 is 14.2 Å². The van der Waals surface area contributed by atoms with Crippen molar-refractivity contribution in [2.24, 2.45) is 0 Å². The first kappa shape index (κ1) is 19.4. The summed E-state index contributed by atoms with van der Waals surface area (Å²) in [4.78, 5) is 12.2. The lowest BCUT2D eigenvalue weighted by Crippen LogP contribution is -2.08. The highest BCUT2D eigenvalue weighted by Gasteiger charge is 2.09. The molecule has 2 aromatic carbocycles. The lowest BCUT2D eigenvalue weighted by molar-refractivity contribution is 0.0734. The quantitative estimate of drug-likeness (QED) is 0.265. The molecule has 0 saturated heterocycles. The van der Waals surface area contributed by atoms with E-state index in [0.717, 1.165) is 12.2 Å². The summed E-state index contributed by atoms with van der Waals surface area (Å²) >= 11 is 0. The van der Waals surface area contributed by atoms with Gasteiger partial charge in [0.15, 0.2) is 0 Å². The lowest BCUT2D eigenvalue weighted by atomic mass is 10.2. The van der Waals surface area contributed by atoms with E-state index >= 15 is 0 Å². The molecule has 0 amide bonds. The van der Waals surface area contributed by atoms with Crippen molar-refractivity contribution in [2.45, 2.75) is 32.6 Å². The van der Waals surface area contributed by atoms with Crippen LogP contribution in [0.25, 0.3) is 0 Å². The van der Waals surface area contributed by atoms with Gasteiger partial charge in [0.25, 0.3) is 0 Å². The zero-order chi connectivity index (χ0) is 18.6. The van der Waals surface area contributed by atoms with Crippen LogP contribution in [0, 0.1) is 12.3 Å². The number of hydrogen-bond acceptors (Lipinski definition) is 4. The lowest BCUT2D eigenvalue weighted by Gasteiger charge is -2.08. The predicted octanol–water partition coefficient (Wildman–Crippen LogP) is 4.88. The van der Waals surface area contributed by atoms with Crippen LogP contribution in [0.3, 0.4) is 0 Å². The number of esters is 1. The molecule has 2 aromatic rings. The van der Waals surface area contributed by atoms with Crippen LogP contribution in [0.2, 0.25) is 0 Å². The Morgan fingerprint density at radius 2 is 1.50 bits per heavy atom. The SMILES string of the molecule is C#CCOc1ccc(OC(=O)c2ccc(OCCCCCC)cc2)cc1. The normalized spacial score (nSPS) is 10.0. The van der Waals surface area contributed by atoms with Crippen molar-refractivity contribution in [3.8, 4) is 29.6 Å². The molecule has 2 rings (SSSR count). The molecule has 0 aliphatic rings. The van der Waals surface area contributed by atoms with Crippen molar-refractivity contribution >= 4 is 5.97 Å².